The molecule has 0 fully saturated rings. The highest BCUT2D eigenvalue weighted by Gasteiger charge is 2.06. The molecule has 3 heteroatoms. The molecule has 0 heterocycles. The van der Waals surface area contributed by atoms with E-state index in [-0.39, 0.29) is 5.97 Å². The third kappa shape index (κ3) is 3.62. The van der Waals surface area contributed by atoms with Crippen LogP contribution in [0.5, 0.6) is 0 Å². The van der Waals surface area contributed by atoms with Crippen LogP contribution in [0.25, 0.3) is 0 Å². The van der Waals surface area contributed by atoms with Gasteiger partial charge in [0.05, 0.1) is 12.2 Å². The van der Waals surface area contributed by atoms with Crippen LogP contribution < -0.4 is 5.32 Å². The number of benzene rings is 1. The van der Waals surface area contributed by atoms with Crippen LogP contribution in [-0.4, -0.2) is 19.1 Å². The Balaban J connectivity index is 2.67. The molecule has 0 radical (unpaired) electrons. The predicted octanol–water partition coefficient (Wildman–Crippen LogP) is 2.69. The molecule has 1 N–H and O–H groups in total. The van der Waals surface area contributed by atoms with E-state index in [4.69, 9.17) is 4.74 Å². The number of ether oxygens (including phenoxy) is 1. The fourth-order valence-electron chi connectivity index (χ4n) is 1.24. The highest BCUT2D eigenvalue weighted by molar-refractivity contribution is 5.90. The van der Waals surface area contributed by atoms with Crippen LogP contribution in [0.1, 0.15) is 30.6 Å². The minimum absolute atomic E-state index is 0.253. The van der Waals surface area contributed by atoms with Gasteiger partial charge >= 0.3 is 5.97 Å². The number of hydrogen-bond donors (Lipinski definition) is 1. The number of anilines is 1. The van der Waals surface area contributed by atoms with Crippen LogP contribution in [0.2, 0.25) is 0 Å². The summed E-state index contributed by atoms with van der Waals surface area (Å²) < 4.78 is 5.04. The molecule has 1 aromatic carbocycles. The van der Waals surface area contributed by atoms with Gasteiger partial charge in [0.15, 0.2) is 0 Å². The van der Waals surface area contributed by atoms with Gasteiger partial charge < -0.3 is 10.1 Å². The zero-order valence-corrected chi connectivity index (χ0v) is 9.25. The van der Waals surface area contributed by atoms with Crippen LogP contribution in [0.4, 0.5) is 5.69 Å². The van der Waals surface area contributed by atoms with Gasteiger partial charge in [-0.3, -0.25) is 0 Å². The molecular formula is C12H17NO2. The summed E-state index contributed by atoms with van der Waals surface area (Å²) in [6.07, 6.45) is 0.846. The lowest BCUT2D eigenvalue weighted by molar-refractivity contribution is 0.0505. The Bertz CT molecular complexity index is 323. The Hall–Kier alpha value is -1.51. The van der Waals surface area contributed by atoms with Crippen molar-refractivity contribution in [1.29, 1.82) is 0 Å². The molecule has 3 nitrogen and oxygen atoms in total. The molecular weight excluding hydrogens is 190 g/mol. The van der Waals surface area contributed by atoms with Crippen LogP contribution in [0, 0.1) is 0 Å². The van der Waals surface area contributed by atoms with Crippen molar-refractivity contribution in [2.45, 2.75) is 20.3 Å². The van der Waals surface area contributed by atoms with Crippen molar-refractivity contribution in [3.8, 4) is 0 Å². The van der Waals surface area contributed by atoms with E-state index in [1.165, 1.54) is 0 Å². The highest BCUT2D eigenvalue weighted by Crippen LogP contribution is 2.11. The van der Waals surface area contributed by atoms with Crippen molar-refractivity contribution in [1.82, 2.24) is 0 Å². The molecule has 15 heavy (non-hydrogen) atoms. The lowest BCUT2D eigenvalue weighted by Gasteiger charge is -2.06. The van der Waals surface area contributed by atoms with Crippen molar-refractivity contribution in [2.75, 3.05) is 18.5 Å². The van der Waals surface area contributed by atoms with Gasteiger partial charge in [-0.15, -0.1) is 0 Å². The number of hydrogen-bond acceptors (Lipinski definition) is 3. The molecule has 0 spiro atoms. The highest BCUT2D eigenvalue weighted by atomic mass is 16.5. The van der Waals surface area contributed by atoms with Gasteiger partial charge in [0.25, 0.3) is 0 Å². The van der Waals surface area contributed by atoms with Gasteiger partial charge in [-0.25, -0.2) is 4.79 Å². The van der Waals surface area contributed by atoms with E-state index in [0.29, 0.717) is 12.2 Å². The normalized spacial score (nSPS) is 9.73. The molecule has 0 atom stereocenters. The van der Waals surface area contributed by atoms with E-state index in [9.17, 15) is 4.79 Å². The first kappa shape index (κ1) is 11.6. The SMILES string of the molecule is CCCOC(=O)c1cccc(NCC)c1. The Morgan fingerprint density at radius 1 is 1.40 bits per heavy atom. The molecule has 0 saturated heterocycles. The van der Waals surface area contributed by atoms with Gasteiger partial charge in [0.2, 0.25) is 0 Å². The summed E-state index contributed by atoms with van der Waals surface area (Å²) in [4.78, 5) is 11.5. The summed E-state index contributed by atoms with van der Waals surface area (Å²) in [5.41, 5.74) is 1.55. The zero-order chi connectivity index (χ0) is 11.1. The molecule has 0 unspecified atom stereocenters. The Morgan fingerprint density at radius 3 is 2.87 bits per heavy atom. The second-order valence-electron chi connectivity index (χ2n) is 3.25. The molecule has 0 aliphatic carbocycles. The summed E-state index contributed by atoms with van der Waals surface area (Å²) in [6.45, 7) is 5.31. The lowest BCUT2D eigenvalue weighted by atomic mass is 10.2. The largest absolute Gasteiger partial charge is 0.462 e. The third-order valence-corrected chi connectivity index (χ3v) is 1.92. The van der Waals surface area contributed by atoms with Crippen molar-refractivity contribution in [3.05, 3.63) is 29.8 Å². The molecule has 0 amide bonds. The average Bonchev–Trinajstić information content (AvgIpc) is 2.27. The summed E-state index contributed by atoms with van der Waals surface area (Å²) in [6, 6.07) is 7.35. The van der Waals surface area contributed by atoms with Crippen molar-refractivity contribution in [2.24, 2.45) is 0 Å². The van der Waals surface area contributed by atoms with E-state index >= 15 is 0 Å². The van der Waals surface area contributed by atoms with Gasteiger partial charge in [-0.05, 0) is 31.5 Å². The summed E-state index contributed by atoms with van der Waals surface area (Å²) in [5, 5.41) is 3.15. The van der Waals surface area contributed by atoms with Crippen molar-refractivity contribution >= 4 is 11.7 Å². The first-order valence-electron chi connectivity index (χ1n) is 5.29. The molecule has 82 valence electrons. The number of nitrogens with one attached hydrogen (secondary N) is 1. The average molecular weight is 207 g/mol. The van der Waals surface area contributed by atoms with E-state index in [1.54, 1.807) is 6.07 Å². The first-order valence-corrected chi connectivity index (χ1v) is 5.29. The second-order valence-corrected chi connectivity index (χ2v) is 3.25. The van der Waals surface area contributed by atoms with Gasteiger partial charge in [-0.2, -0.15) is 0 Å². The van der Waals surface area contributed by atoms with Crippen molar-refractivity contribution < 1.29 is 9.53 Å². The fourth-order valence-corrected chi connectivity index (χ4v) is 1.24. The predicted molar refractivity (Wildman–Crippen MR) is 61.2 cm³/mol. The number of carbonyl (C=O) groups is 1. The smallest absolute Gasteiger partial charge is 0.338 e. The number of rotatable bonds is 5. The topological polar surface area (TPSA) is 38.3 Å². The fraction of sp³-hybridized carbons (Fsp3) is 0.417. The Morgan fingerprint density at radius 2 is 2.20 bits per heavy atom. The molecule has 0 aliphatic rings. The Labute approximate surface area is 90.4 Å². The van der Waals surface area contributed by atoms with E-state index in [1.807, 2.05) is 32.0 Å². The number of carbonyl (C=O) groups excluding carboxylic acids is 1. The summed E-state index contributed by atoms with van der Waals surface area (Å²) in [5.74, 6) is -0.253. The lowest BCUT2D eigenvalue weighted by Crippen LogP contribution is -2.06. The minimum Gasteiger partial charge on any atom is -0.462 e. The minimum atomic E-state index is -0.253. The van der Waals surface area contributed by atoms with Crippen LogP contribution in [-0.2, 0) is 4.74 Å². The molecule has 1 rings (SSSR count). The molecule has 0 aliphatic heterocycles. The van der Waals surface area contributed by atoms with Gasteiger partial charge in [-0.1, -0.05) is 13.0 Å². The molecule has 0 bridgehead atoms. The summed E-state index contributed by atoms with van der Waals surface area (Å²) in [7, 11) is 0. The second kappa shape index (κ2) is 6.06. The van der Waals surface area contributed by atoms with Gasteiger partial charge in [0, 0.05) is 12.2 Å². The quantitative estimate of drug-likeness (QED) is 0.754. The standard InChI is InChI=1S/C12H17NO2/c1-3-8-15-12(14)10-6-5-7-11(9-10)13-4-2/h5-7,9,13H,3-4,8H2,1-2H3. The molecule has 0 aromatic heterocycles. The third-order valence-electron chi connectivity index (χ3n) is 1.92. The number of esters is 1. The van der Waals surface area contributed by atoms with Crippen LogP contribution in [0.15, 0.2) is 24.3 Å². The summed E-state index contributed by atoms with van der Waals surface area (Å²) >= 11 is 0. The van der Waals surface area contributed by atoms with Crippen LogP contribution >= 0.6 is 0 Å². The van der Waals surface area contributed by atoms with E-state index < -0.39 is 0 Å². The van der Waals surface area contributed by atoms with Gasteiger partial charge in [0.1, 0.15) is 0 Å². The zero-order valence-electron chi connectivity index (χ0n) is 9.25. The Kier molecular flexibility index (Phi) is 4.68. The van der Waals surface area contributed by atoms with E-state index in [2.05, 4.69) is 5.32 Å². The van der Waals surface area contributed by atoms with Crippen molar-refractivity contribution in [3.63, 3.8) is 0 Å². The maximum Gasteiger partial charge on any atom is 0.338 e. The molecule has 0 saturated carbocycles. The monoisotopic (exact) mass is 207 g/mol. The molecule has 1 aromatic rings. The maximum absolute atomic E-state index is 11.5. The van der Waals surface area contributed by atoms with E-state index in [0.717, 1.165) is 18.7 Å². The first-order chi connectivity index (χ1) is 7.27. The van der Waals surface area contributed by atoms with Crippen LogP contribution in [0.3, 0.4) is 0 Å². The maximum atomic E-state index is 11.5.